The van der Waals surface area contributed by atoms with Crippen LogP contribution < -0.4 is 11.1 Å². The van der Waals surface area contributed by atoms with Gasteiger partial charge in [-0.05, 0) is 25.5 Å². The molecule has 0 spiro atoms. The van der Waals surface area contributed by atoms with Gasteiger partial charge in [-0.3, -0.25) is 4.79 Å². The van der Waals surface area contributed by atoms with Crippen molar-refractivity contribution in [1.29, 1.82) is 0 Å². The third kappa shape index (κ3) is 3.00. The van der Waals surface area contributed by atoms with Crippen LogP contribution in [-0.4, -0.2) is 22.5 Å². The maximum absolute atomic E-state index is 11.9. The second-order valence-corrected chi connectivity index (χ2v) is 4.60. The summed E-state index contributed by atoms with van der Waals surface area (Å²) in [7, 11) is 0. The SMILES string of the molecule is CCC(C)(N)C(=O)Nc1cccc(Cl)c1C(=O)O. The summed E-state index contributed by atoms with van der Waals surface area (Å²) >= 11 is 5.79. The first-order valence-electron chi connectivity index (χ1n) is 5.41. The lowest BCUT2D eigenvalue weighted by atomic mass is 9.99. The van der Waals surface area contributed by atoms with Crippen LogP contribution >= 0.6 is 11.6 Å². The molecule has 0 aliphatic carbocycles. The lowest BCUT2D eigenvalue weighted by Crippen LogP contribution is -2.48. The molecule has 1 aromatic rings. The number of carboxylic acids is 1. The maximum Gasteiger partial charge on any atom is 0.339 e. The molecule has 4 N–H and O–H groups in total. The van der Waals surface area contributed by atoms with Gasteiger partial charge in [-0.15, -0.1) is 0 Å². The van der Waals surface area contributed by atoms with Gasteiger partial charge in [-0.1, -0.05) is 24.6 Å². The van der Waals surface area contributed by atoms with Gasteiger partial charge in [0.1, 0.15) is 5.56 Å². The monoisotopic (exact) mass is 270 g/mol. The molecule has 18 heavy (non-hydrogen) atoms. The van der Waals surface area contributed by atoms with Crippen LogP contribution in [0.4, 0.5) is 5.69 Å². The minimum atomic E-state index is -1.20. The second-order valence-electron chi connectivity index (χ2n) is 4.19. The number of hydrogen-bond donors (Lipinski definition) is 3. The van der Waals surface area contributed by atoms with Crippen LogP contribution in [0, 0.1) is 0 Å². The van der Waals surface area contributed by atoms with E-state index in [1.54, 1.807) is 19.9 Å². The van der Waals surface area contributed by atoms with Gasteiger partial charge in [-0.25, -0.2) is 4.79 Å². The Labute approximate surface area is 110 Å². The number of rotatable bonds is 4. The average Bonchev–Trinajstić information content (AvgIpc) is 2.28. The van der Waals surface area contributed by atoms with Crippen molar-refractivity contribution in [3.63, 3.8) is 0 Å². The molecular weight excluding hydrogens is 256 g/mol. The van der Waals surface area contributed by atoms with E-state index in [1.807, 2.05) is 0 Å². The van der Waals surface area contributed by atoms with Crippen molar-refractivity contribution in [3.05, 3.63) is 28.8 Å². The standard InChI is InChI=1S/C12H15ClN2O3/c1-3-12(2,14)11(18)15-8-6-4-5-7(13)9(8)10(16)17/h4-6H,3,14H2,1-2H3,(H,15,18)(H,16,17). The van der Waals surface area contributed by atoms with Gasteiger partial charge in [0.05, 0.1) is 16.2 Å². The van der Waals surface area contributed by atoms with Crippen molar-refractivity contribution in [2.45, 2.75) is 25.8 Å². The third-order valence-electron chi connectivity index (χ3n) is 2.73. The van der Waals surface area contributed by atoms with Crippen LogP contribution in [-0.2, 0) is 4.79 Å². The molecule has 1 rings (SSSR count). The fourth-order valence-electron chi connectivity index (χ4n) is 1.27. The lowest BCUT2D eigenvalue weighted by molar-refractivity contribution is -0.120. The van der Waals surface area contributed by atoms with E-state index in [0.717, 1.165) is 0 Å². The van der Waals surface area contributed by atoms with Crippen molar-refractivity contribution >= 4 is 29.2 Å². The van der Waals surface area contributed by atoms with Crippen molar-refractivity contribution in [1.82, 2.24) is 0 Å². The smallest absolute Gasteiger partial charge is 0.339 e. The normalized spacial score (nSPS) is 13.8. The zero-order chi connectivity index (χ0) is 13.9. The molecule has 0 saturated heterocycles. The van der Waals surface area contributed by atoms with Crippen LogP contribution in [0.2, 0.25) is 5.02 Å². The Hall–Kier alpha value is -1.59. The third-order valence-corrected chi connectivity index (χ3v) is 3.04. The summed E-state index contributed by atoms with van der Waals surface area (Å²) < 4.78 is 0. The molecule has 5 nitrogen and oxygen atoms in total. The predicted octanol–water partition coefficient (Wildman–Crippen LogP) is 2.10. The van der Waals surface area contributed by atoms with E-state index >= 15 is 0 Å². The highest BCUT2D eigenvalue weighted by Gasteiger charge is 2.27. The molecule has 0 aromatic heterocycles. The highest BCUT2D eigenvalue weighted by Crippen LogP contribution is 2.25. The van der Waals surface area contributed by atoms with Crippen LogP contribution in [0.15, 0.2) is 18.2 Å². The van der Waals surface area contributed by atoms with Crippen molar-refractivity contribution < 1.29 is 14.7 Å². The Kier molecular flexibility index (Phi) is 4.32. The topological polar surface area (TPSA) is 92.4 Å². The summed E-state index contributed by atoms with van der Waals surface area (Å²) in [5.41, 5.74) is 4.73. The number of nitrogens with one attached hydrogen (secondary N) is 1. The number of carboxylic acid groups (broad SMARTS) is 1. The van der Waals surface area contributed by atoms with Crippen LogP contribution in [0.3, 0.4) is 0 Å². The van der Waals surface area contributed by atoms with Gasteiger partial charge >= 0.3 is 5.97 Å². The number of halogens is 1. The largest absolute Gasteiger partial charge is 0.478 e. The van der Waals surface area contributed by atoms with Crippen LogP contribution in [0.25, 0.3) is 0 Å². The van der Waals surface area contributed by atoms with Gasteiger partial charge in [-0.2, -0.15) is 0 Å². The second kappa shape index (κ2) is 5.37. The van der Waals surface area contributed by atoms with E-state index in [2.05, 4.69) is 5.32 Å². The minimum absolute atomic E-state index is 0.0653. The number of carbonyl (C=O) groups is 2. The molecule has 0 bridgehead atoms. The number of carbonyl (C=O) groups excluding carboxylic acids is 1. The van der Waals surface area contributed by atoms with Gasteiger partial charge in [0, 0.05) is 0 Å². The number of aromatic carboxylic acids is 1. The zero-order valence-corrected chi connectivity index (χ0v) is 10.9. The number of anilines is 1. The zero-order valence-electron chi connectivity index (χ0n) is 10.2. The quantitative estimate of drug-likeness (QED) is 0.781. The molecule has 1 aromatic carbocycles. The molecule has 98 valence electrons. The minimum Gasteiger partial charge on any atom is -0.478 e. The average molecular weight is 271 g/mol. The van der Waals surface area contributed by atoms with E-state index in [0.29, 0.717) is 6.42 Å². The van der Waals surface area contributed by atoms with Gasteiger partial charge < -0.3 is 16.2 Å². The Morgan fingerprint density at radius 2 is 2.11 bits per heavy atom. The summed E-state index contributed by atoms with van der Waals surface area (Å²) in [6.07, 6.45) is 0.432. The Morgan fingerprint density at radius 1 is 1.50 bits per heavy atom. The van der Waals surface area contributed by atoms with E-state index in [9.17, 15) is 9.59 Å². The van der Waals surface area contributed by atoms with Gasteiger partial charge in [0.15, 0.2) is 0 Å². The van der Waals surface area contributed by atoms with Crippen LogP contribution in [0.5, 0.6) is 0 Å². The first-order chi connectivity index (χ1) is 8.29. The molecule has 1 unspecified atom stereocenters. The first kappa shape index (κ1) is 14.5. The molecule has 1 amide bonds. The fraction of sp³-hybridized carbons (Fsp3) is 0.333. The highest BCUT2D eigenvalue weighted by atomic mass is 35.5. The number of benzene rings is 1. The molecule has 0 aliphatic heterocycles. The first-order valence-corrected chi connectivity index (χ1v) is 5.79. The van der Waals surface area contributed by atoms with E-state index in [4.69, 9.17) is 22.4 Å². The number of amides is 1. The molecule has 0 heterocycles. The Morgan fingerprint density at radius 3 is 2.61 bits per heavy atom. The van der Waals surface area contributed by atoms with Crippen molar-refractivity contribution in [2.24, 2.45) is 5.73 Å². The molecule has 0 fully saturated rings. The van der Waals surface area contributed by atoms with Crippen LogP contribution in [0.1, 0.15) is 30.6 Å². The molecule has 6 heteroatoms. The van der Waals surface area contributed by atoms with Gasteiger partial charge in [0.2, 0.25) is 5.91 Å². The van der Waals surface area contributed by atoms with E-state index < -0.39 is 17.4 Å². The number of nitrogens with two attached hydrogens (primary N) is 1. The summed E-state index contributed by atoms with van der Waals surface area (Å²) in [6, 6.07) is 4.48. The Balaban J connectivity index is 3.09. The summed E-state index contributed by atoms with van der Waals surface area (Å²) in [5, 5.41) is 11.6. The fourth-order valence-corrected chi connectivity index (χ4v) is 1.53. The summed E-state index contributed by atoms with van der Waals surface area (Å²) in [6.45, 7) is 3.35. The Bertz CT molecular complexity index is 486. The molecule has 0 radical (unpaired) electrons. The maximum atomic E-state index is 11.9. The molecule has 1 atom stereocenters. The van der Waals surface area contributed by atoms with Crippen molar-refractivity contribution in [2.75, 3.05) is 5.32 Å². The lowest BCUT2D eigenvalue weighted by Gasteiger charge is -2.22. The highest BCUT2D eigenvalue weighted by molar-refractivity contribution is 6.34. The summed E-state index contributed by atoms with van der Waals surface area (Å²) in [4.78, 5) is 23.0. The molecular formula is C12H15ClN2O3. The predicted molar refractivity (Wildman–Crippen MR) is 69.9 cm³/mol. The molecule has 0 saturated carbocycles. The summed E-state index contributed by atoms with van der Waals surface area (Å²) in [5.74, 6) is -1.65. The van der Waals surface area contributed by atoms with E-state index in [1.165, 1.54) is 12.1 Å². The molecule has 0 aliphatic rings. The number of hydrogen-bond acceptors (Lipinski definition) is 3. The van der Waals surface area contributed by atoms with E-state index in [-0.39, 0.29) is 16.3 Å². The van der Waals surface area contributed by atoms with Crippen molar-refractivity contribution in [3.8, 4) is 0 Å². The van der Waals surface area contributed by atoms with Gasteiger partial charge in [0.25, 0.3) is 0 Å².